The molecule has 0 bridgehead atoms. The molecule has 0 radical (unpaired) electrons. The number of nitrogens with two attached hydrogens (primary N) is 1. The van der Waals surface area contributed by atoms with Crippen molar-refractivity contribution in [3.05, 3.63) is 12.2 Å². The number of hydrogen-bond donors (Lipinski definition) is 2. The summed E-state index contributed by atoms with van der Waals surface area (Å²) in [6.07, 6.45) is 1.65. The van der Waals surface area contributed by atoms with Gasteiger partial charge in [-0.2, -0.15) is 0 Å². The summed E-state index contributed by atoms with van der Waals surface area (Å²) in [6, 6.07) is 0. The number of rotatable bonds is 3. The third-order valence-electron chi connectivity index (χ3n) is 2.61. The van der Waals surface area contributed by atoms with E-state index in [1.54, 1.807) is 11.2 Å². The van der Waals surface area contributed by atoms with Crippen LogP contribution in [0.3, 0.4) is 0 Å². The minimum atomic E-state index is -0.335. The Kier molecular flexibility index (Phi) is 3.33. The molecule has 2 heterocycles. The Bertz CT molecular complexity index is 429. The second-order valence-electron chi connectivity index (χ2n) is 3.74. The Balaban J connectivity index is 1.88. The van der Waals surface area contributed by atoms with E-state index < -0.39 is 0 Å². The highest BCUT2D eigenvalue weighted by Crippen LogP contribution is 2.08. The summed E-state index contributed by atoms with van der Waals surface area (Å²) in [7, 11) is 0. The van der Waals surface area contributed by atoms with Gasteiger partial charge in [-0.15, -0.1) is 10.2 Å². The Morgan fingerprint density at radius 3 is 3.06 bits per heavy atom. The number of nitrogens with one attached hydrogen (secondary N) is 1. The summed E-state index contributed by atoms with van der Waals surface area (Å²) >= 11 is 0. The lowest BCUT2D eigenvalue weighted by Crippen LogP contribution is -2.44. The minimum Gasteiger partial charge on any atom is -0.346 e. The molecule has 1 aliphatic rings. The molecule has 17 heavy (non-hydrogen) atoms. The van der Waals surface area contributed by atoms with Gasteiger partial charge in [0.15, 0.2) is 5.82 Å². The number of carbonyl (C=O) groups excluding carboxylic acids is 2. The first-order chi connectivity index (χ1) is 8.20. The van der Waals surface area contributed by atoms with Gasteiger partial charge in [-0.1, -0.05) is 0 Å². The van der Waals surface area contributed by atoms with E-state index in [1.165, 1.54) is 0 Å². The fourth-order valence-electron chi connectivity index (χ4n) is 1.64. The standard InChI is InChI=1S/C9H14N6O2/c10-3-8(16)11-4-9(17)14-1-2-15-6-12-13-7(15)5-14/h6H,1-5,10H2,(H,11,16). The van der Waals surface area contributed by atoms with Gasteiger partial charge in [-0.25, -0.2) is 0 Å². The second-order valence-corrected chi connectivity index (χ2v) is 3.74. The van der Waals surface area contributed by atoms with Crippen LogP contribution in [0.1, 0.15) is 5.82 Å². The van der Waals surface area contributed by atoms with E-state index in [0.717, 1.165) is 5.82 Å². The van der Waals surface area contributed by atoms with Gasteiger partial charge in [0, 0.05) is 13.1 Å². The molecule has 1 aromatic heterocycles. The van der Waals surface area contributed by atoms with Crippen LogP contribution in [0.2, 0.25) is 0 Å². The number of fused-ring (bicyclic) bond motifs is 1. The number of amides is 2. The second kappa shape index (κ2) is 4.91. The lowest BCUT2D eigenvalue weighted by atomic mass is 10.3. The van der Waals surface area contributed by atoms with Crippen LogP contribution in [0, 0.1) is 0 Å². The van der Waals surface area contributed by atoms with E-state index in [4.69, 9.17) is 5.73 Å². The average molecular weight is 238 g/mol. The number of nitrogens with zero attached hydrogens (tertiary/aromatic N) is 4. The van der Waals surface area contributed by atoms with Crippen LogP contribution in [-0.2, 0) is 22.7 Å². The molecule has 0 atom stereocenters. The van der Waals surface area contributed by atoms with Crippen molar-refractivity contribution in [2.45, 2.75) is 13.1 Å². The molecule has 8 heteroatoms. The smallest absolute Gasteiger partial charge is 0.242 e. The summed E-state index contributed by atoms with van der Waals surface area (Å²) in [6.45, 7) is 1.57. The molecule has 1 aromatic rings. The molecular formula is C9H14N6O2. The van der Waals surface area contributed by atoms with Crippen molar-refractivity contribution in [2.24, 2.45) is 5.73 Å². The lowest BCUT2D eigenvalue weighted by molar-refractivity contribution is -0.133. The lowest BCUT2D eigenvalue weighted by Gasteiger charge is -2.27. The fraction of sp³-hybridized carbons (Fsp3) is 0.556. The van der Waals surface area contributed by atoms with Crippen molar-refractivity contribution in [1.82, 2.24) is 25.0 Å². The maximum atomic E-state index is 11.8. The normalized spacial score (nSPS) is 14.3. The van der Waals surface area contributed by atoms with Gasteiger partial charge in [-0.05, 0) is 0 Å². The van der Waals surface area contributed by atoms with E-state index in [0.29, 0.717) is 19.6 Å². The Hall–Kier alpha value is -1.96. The van der Waals surface area contributed by atoms with Crippen LogP contribution in [0.15, 0.2) is 6.33 Å². The quantitative estimate of drug-likeness (QED) is 0.615. The van der Waals surface area contributed by atoms with Crippen molar-refractivity contribution in [3.63, 3.8) is 0 Å². The highest BCUT2D eigenvalue weighted by atomic mass is 16.2. The third-order valence-corrected chi connectivity index (χ3v) is 2.61. The molecule has 3 N–H and O–H groups in total. The predicted octanol–water partition coefficient (Wildman–Crippen LogP) is -2.30. The van der Waals surface area contributed by atoms with Gasteiger partial charge in [0.25, 0.3) is 0 Å². The third kappa shape index (κ3) is 2.59. The van der Waals surface area contributed by atoms with Gasteiger partial charge in [0.2, 0.25) is 11.8 Å². The molecule has 0 spiro atoms. The SMILES string of the molecule is NCC(=O)NCC(=O)N1CCn2cnnc2C1. The van der Waals surface area contributed by atoms with Crippen LogP contribution in [0.4, 0.5) is 0 Å². The van der Waals surface area contributed by atoms with Gasteiger partial charge in [0.1, 0.15) is 6.33 Å². The molecule has 1 aliphatic heterocycles. The highest BCUT2D eigenvalue weighted by Gasteiger charge is 2.21. The summed E-state index contributed by atoms with van der Waals surface area (Å²) in [5, 5.41) is 10.1. The molecule has 2 amide bonds. The van der Waals surface area contributed by atoms with Crippen LogP contribution in [0.5, 0.6) is 0 Å². The van der Waals surface area contributed by atoms with Gasteiger partial charge < -0.3 is 20.5 Å². The Morgan fingerprint density at radius 2 is 2.29 bits per heavy atom. The van der Waals surface area contributed by atoms with E-state index in [9.17, 15) is 9.59 Å². The number of carbonyl (C=O) groups is 2. The monoisotopic (exact) mass is 238 g/mol. The maximum Gasteiger partial charge on any atom is 0.242 e. The van der Waals surface area contributed by atoms with Crippen molar-refractivity contribution in [1.29, 1.82) is 0 Å². The number of aromatic nitrogens is 3. The zero-order valence-corrected chi connectivity index (χ0v) is 9.30. The predicted molar refractivity (Wildman–Crippen MR) is 57.5 cm³/mol. The van der Waals surface area contributed by atoms with E-state index in [-0.39, 0.29) is 24.9 Å². The van der Waals surface area contributed by atoms with Crippen molar-refractivity contribution >= 4 is 11.8 Å². The Morgan fingerprint density at radius 1 is 1.47 bits per heavy atom. The molecule has 0 aliphatic carbocycles. The van der Waals surface area contributed by atoms with Crippen LogP contribution < -0.4 is 11.1 Å². The molecule has 0 fully saturated rings. The number of hydrogen-bond acceptors (Lipinski definition) is 5. The van der Waals surface area contributed by atoms with Crippen molar-refractivity contribution < 1.29 is 9.59 Å². The zero-order chi connectivity index (χ0) is 12.3. The minimum absolute atomic E-state index is 0.0236. The van der Waals surface area contributed by atoms with E-state index >= 15 is 0 Å². The highest BCUT2D eigenvalue weighted by molar-refractivity contribution is 5.85. The molecule has 2 rings (SSSR count). The fourth-order valence-corrected chi connectivity index (χ4v) is 1.64. The maximum absolute atomic E-state index is 11.8. The zero-order valence-electron chi connectivity index (χ0n) is 9.30. The van der Waals surface area contributed by atoms with Gasteiger partial charge in [-0.3, -0.25) is 9.59 Å². The summed E-state index contributed by atoms with van der Waals surface area (Å²) in [5.41, 5.74) is 5.13. The van der Waals surface area contributed by atoms with Crippen LogP contribution in [-0.4, -0.2) is 51.1 Å². The van der Waals surface area contributed by atoms with Gasteiger partial charge in [0.05, 0.1) is 19.6 Å². The first-order valence-electron chi connectivity index (χ1n) is 5.32. The Labute approximate surface area is 97.8 Å². The molecule has 0 unspecified atom stereocenters. The van der Waals surface area contributed by atoms with Crippen LogP contribution in [0.25, 0.3) is 0 Å². The molecule has 92 valence electrons. The first-order valence-corrected chi connectivity index (χ1v) is 5.32. The molecule has 0 saturated heterocycles. The van der Waals surface area contributed by atoms with E-state index in [1.807, 2.05) is 4.57 Å². The van der Waals surface area contributed by atoms with E-state index in [2.05, 4.69) is 15.5 Å². The van der Waals surface area contributed by atoms with Crippen molar-refractivity contribution in [3.8, 4) is 0 Å². The molecule has 0 aromatic carbocycles. The molecular weight excluding hydrogens is 224 g/mol. The van der Waals surface area contributed by atoms with Crippen molar-refractivity contribution in [2.75, 3.05) is 19.6 Å². The van der Waals surface area contributed by atoms with Gasteiger partial charge >= 0.3 is 0 Å². The summed E-state index contributed by atoms with van der Waals surface area (Å²) < 4.78 is 1.91. The van der Waals surface area contributed by atoms with Crippen LogP contribution >= 0.6 is 0 Å². The molecule has 8 nitrogen and oxygen atoms in total. The molecule has 0 saturated carbocycles. The summed E-state index contributed by atoms with van der Waals surface area (Å²) in [5.74, 6) is 0.286. The summed E-state index contributed by atoms with van der Waals surface area (Å²) in [4.78, 5) is 24.3. The topological polar surface area (TPSA) is 106 Å². The average Bonchev–Trinajstić information content (AvgIpc) is 2.82. The largest absolute Gasteiger partial charge is 0.346 e. The first kappa shape index (κ1) is 11.5.